The molecule has 7 heteroatoms. The van der Waals surface area contributed by atoms with Gasteiger partial charge in [0.15, 0.2) is 5.69 Å². The van der Waals surface area contributed by atoms with E-state index in [2.05, 4.69) is 10.1 Å². The average molecular weight is 266 g/mol. The second kappa shape index (κ2) is 4.39. The zero-order valence-corrected chi connectivity index (χ0v) is 10.2. The predicted octanol–water partition coefficient (Wildman–Crippen LogP) is 2.77. The molecule has 2 heterocycles. The van der Waals surface area contributed by atoms with Gasteiger partial charge in [-0.05, 0) is 26.0 Å². The standard InChI is InChI=1S/C12H9F3N4/c1-7-5-10(9(6-16)8(2)17-7)19-4-3-11(18-19)12(13,14)15/h3-5H,1-2H3. The topological polar surface area (TPSA) is 54.5 Å². The summed E-state index contributed by atoms with van der Waals surface area (Å²) in [7, 11) is 0. The second-order valence-electron chi connectivity index (χ2n) is 4.00. The molecule has 2 aromatic heterocycles. The molecular weight excluding hydrogens is 257 g/mol. The van der Waals surface area contributed by atoms with E-state index in [4.69, 9.17) is 5.26 Å². The van der Waals surface area contributed by atoms with E-state index in [1.807, 2.05) is 6.07 Å². The summed E-state index contributed by atoms with van der Waals surface area (Å²) in [6.07, 6.45) is -3.33. The van der Waals surface area contributed by atoms with Crippen LogP contribution in [0, 0.1) is 25.2 Å². The molecule has 0 aliphatic heterocycles. The van der Waals surface area contributed by atoms with Crippen LogP contribution in [0.25, 0.3) is 5.69 Å². The minimum Gasteiger partial charge on any atom is -0.257 e. The van der Waals surface area contributed by atoms with Gasteiger partial charge in [0.05, 0.1) is 16.9 Å². The number of hydrogen-bond acceptors (Lipinski definition) is 3. The van der Waals surface area contributed by atoms with E-state index in [1.54, 1.807) is 13.8 Å². The zero-order valence-electron chi connectivity index (χ0n) is 10.2. The molecule has 0 aromatic carbocycles. The lowest BCUT2D eigenvalue weighted by atomic mass is 10.1. The molecule has 19 heavy (non-hydrogen) atoms. The van der Waals surface area contributed by atoms with Gasteiger partial charge < -0.3 is 0 Å². The fourth-order valence-corrected chi connectivity index (χ4v) is 1.74. The molecule has 0 saturated carbocycles. The van der Waals surface area contributed by atoms with E-state index in [9.17, 15) is 13.2 Å². The largest absolute Gasteiger partial charge is 0.435 e. The van der Waals surface area contributed by atoms with E-state index in [0.29, 0.717) is 17.1 Å². The Morgan fingerprint density at radius 1 is 1.32 bits per heavy atom. The van der Waals surface area contributed by atoms with Crippen LogP contribution in [-0.2, 0) is 6.18 Å². The highest BCUT2D eigenvalue weighted by atomic mass is 19.4. The lowest BCUT2D eigenvalue weighted by Gasteiger charge is -2.08. The van der Waals surface area contributed by atoms with Crippen molar-refractivity contribution in [1.29, 1.82) is 5.26 Å². The molecule has 0 bridgehead atoms. The molecule has 2 aromatic rings. The Balaban J connectivity index is 2.60. The van der Waals surface area contributed by atoms with Crippen LogP contribution in [-0.4, -0.2) is 14.8 Å². The van der Waals surface area contributed by atoms with Crippen LogP contribution in [0.1, 0.15) is 22.6 Å². The van der Waals surface area contributed by atoms with E-state index >= 15 is 0 Å². The van der Waals surface area contributed by atoms with Crippen molar-refractivity contribution in [2.75, 3.05) is 0 Å². The van der Waals surface area contributed by atoms with Crippen molar-refractivity contribution in [3.05, 3.63) is 41.0 Å². The van der Waals surface area contributed by atoms with Crippen LogP contribution in [0.4, 0.5) is 13.2 Å². The minimum atomic E-state index is -4.50. The summed E-state index contributed by atoms with van der Waals surface area (Å²) in [6, 6.07) is 4.33. The number of aromatic nitrogens is 3. The van der Waals surface area contributed by atoms with Crippen LogP contribution in [0.3, 0.4) is 0 Å². The van der Waals surface area contributed by atoms with Crippen LogP contribution >= 0.6 is 0 Å². The number of aryl methyl sites for hydroxylation is 2. The Kier molecular flexibility index (Phi) is 3.02. The van der Waals surface area contributed by atoms with Gasteiger partial charge in [0.25, 0.3) is 0 Å². The molecule has 0 spiro atoms. The highest BCUT2D eigenvalue weighted by molar-refractivity contribution is 5.51. The fourth-order valence-electron chi connectivity index (χ4n) is 1.74. The third-order valence-corrected chi connectivity index (χ3v) is 2.55. The van der Waals surface area contributed by atoms with Crippen molar-refractivity contribution in [3.63, 3.8) is 0 Å². The van der Waals surface area contributed by atoms with Crippen LogP contribution < -0.4 is 0 Å². The summed E-state index contributed by atoms with van der Waals surface area (Å²) in [6.45, 7) is 3.33. The van der Waals surface area contributed by atoms with E-state index in [1.165, 1.54) is 12.3 Å². The van der Waals surface area contributed by atoms with Gasteiger partial charge in [0, 0.05) is 11.9 Å². The monoisotopic (exact) mass is 266 g/mol. The number of rotatable bonds is 1. The number of pyridine rings is 1. The normalized spacial score (nSPS) is 11.4. The summed E-state index contributed by atoms with van der Waals surface area (Å²) in [5.41, 5.74) is 0.575. The Hall–Kier alpha value is -2.36. The molecule has 0 amide bonds. The molecule has 0 aliphatic rings. The average Bonchev–Trinajstić information content (AvgIpc) is 2.76. The highest BCUT2D eigenvalue weighted by Gasteiger charge is 2.33. The maximum atomic E-state index is 12.5. The summed E-state index contributed by atoms with van der Waals surface area (Å²) in [5.74, 6) is 0. The first kappa shape index (κ1) is 13.1. The van der Waals surface area contributed by atoms with E-state index in [-0.39, 0.29) is 5.56 Å². The Morgan fingerprint density at radius 2 is 2.00 bits per heavy atom. The zero-order chi connectivity index (χ0) is 14.2. The van der Waals surface area contributed by atoms with Crippen molar-refractivity contribution in [1.82, 2.24) is 14.8 Å². The Bertz CT molecular complexity index is 665. The van der Waals surface area contributed by atoms with Gasteiger partial charge in [0.2, 0.25) is 0 Å². The van der Waals surface area contributed by atoms with Crippen molar-refractivity contribution < 1.29 is 13.2 Å². The van der Waals surface area contributed by atoms with E-state index < -0.39 is 11.9 Å². The minimum absolute atomic E-state index is 0.211. The quantitative estimate of drug-likeness (QED) is 0.797. The maximum Gasteiger partial charge on any atom is 0.435 e. The first-order chi connectivity index (χ1) is 8.82. The van der Waals surface area contributed by atoms with Crippen molar-refractivity contribution in [2.24, 2.45) is 0 Å². The fraction of sp³-hybridized carbons (Fsp3) is 0.250. The van der Waals surface area contributed by atoms with Gasteiger partial charge in [-0.25, -0.2) is 4.68 Å². The van der Waals surface area contributed by atoms with E-state index in [0.717, 1.165) is 10.7 Å². The molecule has 0 radical (unpaired) electrons. The molecule has 0 saturated heterocycles. The molecule has 98 valence electrons. The second-order valence-corrected chi connectivity index (χ2v) is 4.00. The summed E-state index contributed by atoms with van der Waals surface area (Å²) < 4.78 is 38.6. The molecule has 4 nitrogen and oxygen atoms in total. The predicted molar refractivity (Wildman–Crippen MR) is 60.6 cm³/mol. The molecule has 2 rings (SSSR count). The van der Waals surface area contributed by atoms with Crippen LogP contribution in [0.5, 0.6) is 0 Å². The Morgan fingerprint density at radius 3 is 2.53 bits per heavy atom. The van der Waals surface area contributed by atoms with Crippen molar-refractivity contribution >= 4 is 0 Å². The van der Waals surface area contributed by atoms with Crippen molar-refractivity contribution in [2.45, 2.75) is 20.0 Å². The first-order valence-electron chi connectivity index (χ1n) is 5.34. The summed E-state index contributed by atoms with van der Waals surface area (Å²) in [4.78, 5) is 4.10. The number of nitrogens with zero attached hydrogens (tertiary/aromatic N) is 4. The van der Waals surface area contributed by atoms with Gasteiger partial charge >= 0.3 is 6.18 Å². The molecule has 0 aliphatic carbocycles. The molecule has 0 fully saturated rings. The molecular formula is C12H9F3N4. The van der Waals surface area contributed by atoms with Crippen molar-refractivity contribution in [3.8, 4) is 11.8 Å². The third kappa shape index (κ3) is 2.42. The van der Waals surface area contributed by atoms with Gasteiger partial charge in [-0.3, -0.25) is 4.98 Å². The number of alkyl halides is 3. The maximum absolute atomic E-state index is 12.5. The SMILES string of the molecule is Cc1cc(-n2ccc(C(F)(F)F)n2)c(C#N)c(C)n1. The first-order valence-corrected chi connectivity index (χ1v) is 5.34. The lowest BCUT2D eigenvalue weighted by Crippen LogP contribution is -2.08. The van der Waals surface area contributed by atoms with Gasteiger partial charge in [-0.2, -0.15) is 23.5 Å². The van der Waals surface area contributed by atoms with Crippen LogP contribution in [0.15, 0.2) is 18.3 Å². The van der Waals surface area contributed by atoms with Gasteiger partial charge in [-0.1, -0.05) is 0 Å². The molecule has 0 atom stereocenters. The third-order valence-electron chi connectivity index (χ3n) is 2.55. The van der Waals surface area contributed by atoms with Gasteiger partial charge in [0.1, 0.15) is 6.07 Å². The lowest BCUT2D eigenvalue weighted by molar-refractivity contribution is -0.141. The summed E-state index contributed by atoms with van der Waals surface area (Å²) in [5, 5.41) is 12.5. The molecule has 0 unspecified atom stereocenters. The number of halogens is 3. The number of nitriles is 1. The summed E-state index contributed by atoms with van der Waals surface area (Å²) >= 11 is 0. The highest BCUT2D eigenvalue weighted by Crippen LogP contribution is 2.28. The van der Waals surface area contributed by atoms with Crippen LogP contribution in [0.2, 0.25) is 0 Å². The Labute approximate surface area is 107 Å². The number of hydrogen-bond donors (Lipinski definition) is 0. The smallest absolute Gasteiger partial charge is 0.257 e. The van der Waals surface area contributed by atoms with Gasteiger partial charge in [-0.15, -0.1) is 0 Å². The molecule has 0 N–H and O–H groups in total.